The number of hydrogen-bond acceptors (Lipinski definition) is 6. The SMILES string of the molecule is CC(=O)N(C)CCSc1cncc(Oc2ccc(-c3ccc(C)cn3)cc2)n1. The lowest BCUT2D eigenvalue weighted by molar-refractivity contribution is -0.127. The summed E-state index contributed by atoms with van der Waals surface area (Å²) in [5.41, 5.74) is 3.08. The number of nitrogens with zero attached hydrogens (tertiary/aromatic N) is 4. The second-order valence-corrected chi connectivity index (χ2v) is 7.45. The minimum atomic E-state index is 0.0491. The number of carbonyl (C=O) groups excluding carboxylic acids is 1. The fourth-order valence-corrected chi connectivity index (χ4v) is 3.21. The van der Waals surface area contributed by atoms with Crippen molar-refractivity contribution in [1.82, 2.24) is 19.9 Å². The highest BCUT2D eigenvalue weighted by Gasteiger charge is 2.06. The summed E-state index contributed by atoms with van der Waals surface area (Å²) in [7, 11) is 1.78. The average molecular weight is 395 g/mol. The highest BCUT2D eigenvalue weighted by molar-refractivity contribution is 7.99. The summed E-state index contributed by atoms with van der Waals surface area (Å²) < 4.78 is 5.82. The van der Waals surface area contributed by atoms with Crippen LogP contribution >= 0.6 is 11.8 Å². The number of ether oxygens (including phenoxy) is 1. The fourth-order valence-electron chi connectivity index (χ4n) is 2.35. The summed E-state index contributed by atoms with van der Waals surface area (Å²) in [4.78, 5) is 26.0. The molecule has 144 valence electrons. The minimum Gasteiger partial charge on any atom is -0.437 e. The van der Waals surface area contributed by atoms with E-state index in [1.54, 1.807) is 31.3 Å². The molecule has 3 aromatic rings. The Morgan fingerprint density at radius 3 is 2.57 bits per heavy atom. The summed E-state index contributed by atoms with van der Waals surface area (Å²) in [5.74, 6) is 1.91. The molecule has 0 aliphatic rings. The van der Waals surface area contributed by atoms with Gasteiger partial charge in [0, 0.05) is 38.0 Å². The van der Waals surface area contributed by atoms with Gasteiger partial charge in [-0.05, 0) is 42.8 Å². The molecule has 1 amide bonds. The van der Waals surface area contributed by atoms with Crippen molar-refractivity contribution in [3.63, 3.8) is 0 Å². The first kappa shape index (κ1) is 19.8. The van der Waals surface area contributed by atoms with Crippen LogP contribution in [0.5, 0.6) is 11.6 Å². The van der Waals surface area contributed by atoms with E-state index in [4.69, 9.17) is 4.74 Å². The van der Waals surface area contributed by atoms with Gasteiger partial charge >= 0.3 is 0 Å². The second kappa shape index (κ2) is 9.32. The first-order valence-electron chi connectivity index (χ1n) is 8.89. The zero-order valence-corrected chi connectivity index (χ0v) is 16.9. The normalized spacial score (nSPS) is 10.5. The van der Waals surface area contributed by atoms with Crippen LogP contribution in [-0.4, -0.2) is 45.1 Å². The molecule has 1 aromatic carbocycles. The van der Waals surface area contributed by atoms with Crippen LogP contribution in [0.15, 0.2) is 60.0 Å². The van der Waals surface area contributed by atoms with Gasteiger partial charge in [-0.3, -0.25) is 14.8 Å². The molecule has 7 heteroatoms. The fraction of sp³-hybridized carbons (Fsp3) is 0.238. The van der Waals surface area contributed by atoms with Gasteiger partial charge < -0.3 is 9.64 Å². The summed E-state index contributed by atoms with van der Waals surface area (Å²) in [6, 6.07) is 11.8. The van der Waals surface area contributed by atoms with E-state index in [1.165, 1.54) is 11.8 Å². The molecule has 0 fully saturated rings. The molecular weight excluding hydrogens is 372 g/mol. The lowest BCUT2D eigenvalue weighted by Crippen LogP contribution is -2.26. The van der Waals surface area contributed by atoms with Crippen molar-refractivity contribution in [2.45, 2.75) is 18.9 Å². The lowest BCUT2D eigenvalue weighted by atomic mass is 10.1. The summed E-state index contributed by atoms with van der Waals surface area (Å²) in [6.07, 6.45) is 5.13. The zero-order chi connectivity index (χ0) is 19.9. The van der Waals surface area contributed by atoms with Crippen LogP contribution in [-0.2, 0) is 4.79 Å². The monoisotopic (exact) mass is 394 g/mol. The van der Waals surface area contributed by atoms with Crippen LogP contribution in [0.4, 0.5) is 0 Å². The van der Waals surface area contributed by atoms with Crippen molar-refractivity contribution in [3.8, 4) is 22.9 Å². The van der Waals surface area contributed by atoms with E-state index in [0.717, 1.165) is 27.6 Å². The molecule has 3 rings (SSSR count). The summed E-state index contributed by atoms with van der Waals surface area (Å²) in [5, 5.41) is 0.759. The van der Waals surface area contributed by atoms with E-state index in [0.29, 0.717) is 18.2 Å². The van der Waals surface area contributed by atoms with Gasteiger partial charge in [0.05, 0.1) is 18.1 Å². The molecule has 2 aromatic heterocycles. The topological polar surface area (TPSA) is 68.2 Å². The van der Waals surface area contributed by atoms with Gasteiger partial charge in [0.1, 0.15) is 10.8 Å². The van der Waals surface area contributed by atoms with E-state index < -0.39 is 0 Å². The van der Waals surface area contributed by atoms with Crippen LogP contribution in [0, 0.1) is 6.92 Å². The molecule has 0 aliphatic heterocycles. The van der Waals surface area contributed by atoms with Crippen LogP contribution in [0.1, 0.15) is 12.5 Å². The van der Waals surface area contributed by atoms with Gasteiger partial charge in [-0.15, -0.1) is 11.8 Å². The second-order valence-electron chi connectivity index (χ2n) is 6.33. The molecule has 0 atom stereocenters. The molecule has 0 N–H and O–H groups in total. The third kappa shape index (κ3) is 5.53. The van der Waals surface area contributed by atoms with Crippen molar-refractivity contribution >= 4 is 17.7 Å². The molecule has 0 saturated carbocycles. The molecule has 0 bridgehead atoms. The van der Waals surface area contributed by atoms with Crippen LogP contribution in [0.3, 0.4) is 0 Å². The highest BCUT2D eigenvalue weighted by atomic mass is 32.2. The zero-order valence-electron chi connectivity index (χ0n) is 16.1. The molecule has 0 saturated heterocycles. The van der Waals surface area contributed by atoms with E-state index in [2.05, 4.69) is 15.0 Å². The molecule has 0 radical (unpaired) electrons. The Balaban J connectivity index is 1.60. The number of amides is 1. The molecule has 0 spiro atoms. The molecule has 28 heavy (non-hydrogen) atoms. The molecule has 6 nitrogen and oxygen atoms in total. The Hall–Kier alpha value is -2.93. The minimum absolute atomic E-state index is 0.0491. The lowest BCUT2D eigenvalue weighted by Gasteiger charge is -2.13. The van der Waals surface area contributed by atoms with Gasteiger partial charge in [0.25, 0.3) is 0 Å². The van der Waals surface area contributed by atoms with E-state index in [9.17, 15) is 4.79 Å². The third-order valence-corrected chi connectivity index (χ3v) is 4.97. The van der Waals surface area contributed by atoms with E-state index in [-0.39, 0.29) is 5.91 Å². The number of carbonyl (C=O) groups is 1. The van der Waals surface area contributed by atoms with E-state index >= 15 is 0 Å². The Labute approximate surface area is 169 Å². The average Bonchev–Trinajstić information content (AvgIpc) is 2.69. The van der Waals surface area contributed by atoms with Crippen molar-refractivity contribution in [2.75, 3.05) is 19.3 Å². The van der Waals surface area contributed by atoms with Crippen molar-refractivity contribution in [3.05, 3.63) is 60.6 Å². The first-order valence-corrected chi connectivity index (χ1v) is 9.87. The number of pyridine rings is 1. The molecule has 2 heterocycles. The van der Waals surface area contributed by atoms with Crippen LogP contribution in [0.2, 0.25) is 0 Å². The maximum Gasteiger partial charge on any atom is 0.238 e. The predicted molar refractivity (Wildman–Crippen MR) is 111 cm³/mol. The maximum atomic E-state index is 11.2. The summed E-state index contributed by atoms with van der Waals surface area (Å²) >= 11 is 1.54. The summed E-state index contributed by atoms with van der Waals surface area (Å²) in [6.45, 7) is 4.23. The van der Waals surface area contributed by atoms with Crippen LogP contribution < -0.4 is 4.74 Å². The predicted octanol–water partition coefficient (Wildman–Crippen LogP) is 4.21. The number of thioether (sulfide) groups is 1. The standard InChI is InChI=1S/C21H22N4O2S/c1-15-4-9-19(23-12-15)17-5-7-18(8-6-17)27-20-13-22-14-21(24-20)28-11-10-25(3)16(2)26/h4-9,12-14H,10-11H2,1-3H3. The molecular formula is C21H22N4O2S. The quantitative estimate of drug-likeness (QED) is 0.559. The Bertz CT molecular complexity index is 930. The van der Waals surface area contributed by atoms with Gasteiger partial charge in [-0.2, -0.15) is 0 Å². The number of rotatable bonds is 7. The largest absolute Gasteiger partial charge is 0.437 e. The first-order chi connectivity index (χ1) is 13.5. The highest BCUT2D eigenvalue weighted by Crippen LogP contribution is 2.25. The molecule has 0 unspecified atom stereocenters. The third-order valence-electron chi connectivity index (χ3n) is 4.09. The maximum absolute atomic E-state index is 11.2. The number of benzene rings is 1. The Kier molecular flexibility index (Phi) is 6.60. The van der Waals surface area contributed by atoms with Crippen molar-refractivity contribution < 1.29 is 9.53 Å². The smallest absolute Gasteiger partial charge is 0.238 e. The Morgan fingerprint density at radius 2 is 1.89 bits per heavy atom. The van der Waals surface area contributed by atoms with Gasteiger partial charge in [-0.1, -0.05) is 6.07 Å². The van der Waals surface area contributed by atoms with Gasteiger partial charge in [0.15, 0.2) is 0 Å². The number of hydrogen-bond donors (Lipinski definition) is 0. The number of aromatic nitrogens is 3. The van der Waals surface area contributed by atoms with Gasteiger partial charge in [-0.25, -0.2) is 4.98 Å². The van der Waals surface area contributed by atoms with Gasteiger partial charge in [0.2, 0.25) is 11.8 Å². The molecule has 0 aliphatic carbocycles. The van der Waals surface area contributed by atoms with E-state index in [1.807, 2.05) is 49.5 Å². The number of aryl methyl sites for hydroxylation is 1. The Morgan fingerprint density at radius 1 is 1.11 bits per heavy atom. The van der Waals surface area contributed by atoms with Crippen LogP contribution in [0.25, 0.3) is 11.3 Å². The van der Waals surface area contributed by atoms with Crippen molar-refractivity contribution in [1.29, 1.82) is 0 Å². The van der Waals surface area contributed by atoms with Crippen molar-refractivity contribution in [2.24, 2.45) is 0 Å².